The highest BCUT2D eigenvalue weighted by molar-refractivity contribution is 8.00. The number of ether oxygens (including phenoxy) is 1. The maximum absolute atomic E-state index is 13.6. The van der Waals surface area contributed by atoms with E-state index in [4.69, 9.17) is 17.0 Å². The number of nitrogens with one attached hydrogen (secondary N) is 2. The van der Waals surface area contributed by atoms with Gasteiger partial charge in [-0.2, -0.15) is 48.3 Å². The molecule has 0 fully saturated rings. The molecular formula is C17H15F11N2OS2. The standard InChI is InChI=1S/C17H15F11N2OS2/c1-31-10-5-3-9(4-6-10)30-13(32)29-7-2-8-33-12(14(18,19)17(26,27)28)11(15(20,21)22)16(23,24)25/h2-7,11-12H,8H2,1H3,(H2,29,30,32)/b7-2+. The lowest BCUT2D eigenvalue weighted by Gasteiger charge is -2.35. The van der Waals surface area contributed by atoms with E-state index < -0.39 is 53.1 Å². The minimum absolute atomic E-state index is 0.109. The smallest absolute Gasteiger partial charge is 0.454 e. The van der Waals surface area contributed by atoms with Crippen molar-refractivity contribution in [3.63, 3.8) is 0 Å². The molecule has 0 aromatic heterocycles. The van der Waals surface area contributed by atoms with E-state index in [2.05, 4.69) is 10.6 Å². The van der Waals surface area contributed by atoms with Crippen molar-refractivity contribution in [2.24, 2.45) is 5.92 Å². The fraction of sp³-hybridized carbons (Fsp3) is 0.471. The highest BCUT2D eigenvalue weighted by Crippen LogP contribution is 2.53. The minimum Gasteiger partial charge on any atom is -0.497 e. The fourth-order valence-corrected chi connectivity index (χ4v) is 3.73. The van der Waals surface area contributed by atoms with Gasteiger partial charge in [-0.1, -0.05) is 6.08 Å². The van der Waals surface area contributed by atoms with Gasteiger partial charge in [-0.3, -0.25) is 0 Å². The summed E-state index contributed by atoms with van der Waals surface area (Å²) < 4.78 is 147. The van der Waals surface area contributed by atoms with Gasteiger partial charge in [0, 0.05) is 17.6 Å². The van der Waals surface area contributed by atoms with Crippen LogP contribution in [-0.2, 0) is 0 Å². The molecular weight excluding hydrogens is 521 g/mol. The van der Waals surface area contributed by atoms with E-state index in [9.17, 15) is 48.3 Å². The lowest BCUT2D eigenvalue weighted by atomic mass is 9.98. The maximum Gasteiger partial charge on any atom is 0.454 e. The quantitative estimate of drug-likeness (QED) is 0.292. The molecule has 1 aromatic carbocycles. The average molecular weight is 536 g/mol. The van der Waals surface area contributed by atoms with Crippen molar-refractivity contribution in [3.05, 3.63) is 36.5 Å². The summed E-state index contributed by atoms with van der Waals surface area (Å²) in [7, 11) is 1.43. The SMILES string of the molecule is COc1ccc(NC(=S)N/C=C/CSC(C(C(F)(F)F)C(F)(F)F)C(F)(F)C(F)(F)F)cc1. The molecule has 16 heteroatoms. The number of thiocarbonyl (C=S) groups is 1. The van der Waals surface area contributed by atoms with Gasteiger partial charge >= 0.3 is 24.5 Å². The zero-order chi connectivity index (χ0) is 25.7. The first-order valence-corrected chi connectivity index (χ1v) is 9.93. The number of methoxy groups -OCH3 is 1. The van der Waals surface area contributed by atoms with Crippen LogP contribution in [0.2, 0.25) is 0 Å². The van der Waals surface area contributed by atoms with Gasteiger partial charge in [-0.25, -0.2) is 0 Å². The van der Waals surface area contributed by atoms with Crippen molar-refractivity contribution in [1.29, 1.82) is 0 Å². The molecule has 0 spiro atoms. The number of rotatable bonds is 8. The predicted molar refractivity (Wildman–Crippen MR) is 104 cm³/mol. The van der Waals surface area contributed by atoms with E-state index in [1.165, 1.54) is 7.11 Å². The highest BCUT2D eigenvalue weighted by atomic mass is 32.2. The predicted octanol–water partition coefficient (Wildman–Crippen LogP) is 6.54. The molecule has 0 heterocycles. The number of thioether (sulfide) groups is 1. The van der Waals surface area contributed by atoms with Gasteiger partial charge in [-0.15, -0.1) is 11.8 Å². The summed E-state index contributed by atoms with van der Waals surface area (Å²) in [5.41, 5.74) is 0.458. The summed E-state index contributed by atoms with van der Waals surface area (Å²) in [4.78, 5) is 0. The van der Waals surface area contributed by atoms with E-state index in [0.717, 1.165) is 12.3 Å². The normalized spacial score (nSPS) is 14.5. The lowest BCUT2D eigenvalue weighted by molar-refractivity contribution is -0.329. The van der Waals surface area contributed by atoms with E-state index in [-0.39, 0.29) is 5.11 Å². The molecule has 1 aromatic rings. The number of hydrogen-bond donors (Lipinski definition) is 2. The number of hydrogen-bond acceptors (Lipinski definition) is 3. The number of anilines is 1. The average Bonchev–Trinajstić information content (AvgIpc) is 2.64. The van der Waals surface area contributed by atoms with Gasteiger partial charge in [-0.05, 0) is 36.5 Å². The molecule has 188 valence electrons. The summed E-state index contributed by atoms with van der Waals surface area (Å²) in [6, 6.07) is 6.22. The van der Waals surface area contributed by atoms with Crippen LogP contribution in [0.3, 0.4) is 0 Å². The number of benzene rings is 1. The Balaban J connectivity index is 2.88. The maximum atomic E-state index is 13.6. The molecule has 0 aliphatic carbocycles. The second kappa shape index (κ2) is 11.0. The summed E-state index contributed by atoms with van der Waals surface area (Å²) >= 11 is 4.03. The van der Waals surface area contributed by atoms with Crippen molar-refractivity contribution in [2.45, 2.75) is 29.7 Å². The molecule has 0 bridgehead atoms. The zero-order valence-electron chi connectivity index (χ0n) is 16.2. The largest absolute Gasteiger partial charge is 0.497 e. The molecule has 1 atom stereocenters. The minimum atomic E-state index is -6.63. The van der Waals surface area contributed by atoms with Gasteiger partial charge in [0.05, 0.1) is 12.4 Å². The van der Waals surface area contributed by atoms with Crippen LogP contribution in [0.1, 0.15) is 0 Å². The molecule has 0 aliphatic rings. The monoisotopic (exact) mass is 536 g/mol. The Bertz CT molecular complexity index is 791. The van der Waals surface area contributed by atoms with Crippen LogP contribution < -0.4 is 15.4 Å². The lowest BCUT2D eigenvalue weighted by Crippen LogP contribution is -2.56. The summed E-state index contributed by atoms with van der Waals surface area (Å²) in [6.45, 7) is 0. The summed E-state index contributed by atoms with van der Waals surface area (Å²) in [6.07, 6.45) is -17.8. The Morgan fingerprint density at radius 1 is 0.970 bits per heavy atom. The first-order valence-electron chi connectivity index (χ1n) is 8.47. The topological polar surface area (TPSA) is 33.3 Å². The van der Waals surface area contributed by atoms with E-state index in [1.54, 1.807) is 24.3 Å². The second-order valence-corrected chi connectivity index (χ2v) is 7.75. The molecule has 33 heavy (non-hydrogen) atoms. The van der Waals surface area contributed by atoms with Crippen LogP contribution in [0.15, 0.2) is 36.5 Å². The summed E-state index contributed by atoms with van der Waals surface area (Å²) in [5.74, 6) is -11.7. The van der Waals surface area contributed by atoms with Crippen LogP contribution in [0, 0.1) is 5.92 Å². The van der Waals surface area contributed by atoms with Crippen LogP contribution in [0.25, 0.3) is 0 Å². The molecule has 0 aliphatic heterocycles. The van der Waals surface area contributed by atoms with Crippen LogP contribution >= 0.6 is 24.0 Å². The Morgan fingerprint density at radius 2 is 1.48 bits per heavy atom. The highest BCUT2D eigenvalue weighted by Gasteiger charge is 2.72. The number of alkyl halides is 11. The van der Waals surface area contributed by atoms with Gasteiger partial charge in [0.1, 0.15) is 5.75 Å². The van der Waals surface area contributed by atoms with Gasteiger partial charge < -0.3 is 15.4 Å². The molecule has 0 radical (unpaired) electrons. The third-order valence-electron chi connectivity index (χ3n) is 3.80. The van der Waals surface area contributed by atoms with Crippen LogP contribution in [0.5, 0.6) is 5.75 Å². The second-order valence-electron chi connectivity index (χ2n) is 6.16. The van der Waals surface area contributed by atoms with Crippen molar-refractivity contribution >= 4 is 34.8 Å². The van der Waals surface area contributed by atoms with Gasteiger partial charge in [0.15, 0.2) is 11.0 Å². The van der Waals surface area contributed by atoms with Crippen molar-refractivity contribution in [2.75, 3.05) is 18.2 Å². The molecule has 0 saturated carbocycles. The van der Waals surface area contributed by atoms with E-state index in [1.807, 2.05) is 0 Å². The van der Waals surface area contributed by atoms with Crippen LogP contribution in [-0.4, -0.2) is 47.7 Å². The summed E-state index contributed by atoms with van der Waals surface area (Å²) in [5, 5.41) is 0.657. The molecule has 0 amide bonds. The molecule has 3 nitrogen and oxygen atoms in total. The Hall–Kier alpha value is -1.97. The third kappa shape index (κ3) is 8.39. The van der Waals surface area contributed by atoms with E-state index >= 15 is 0 Å². The van der Waals surface area contributed by atoms with Crippen molar-refractivity contribution in [1.82, 2.24) is 5.32 Å². The molecule has 1 rings (SSSR count). The molecule has 0 saturated heterocycles. The fourth-order valence-electron chi connectivity index (χ4n) is 2.28. The van der Waals surface area contributed by atoms with Gasteiger partial charge in [0.2, 0.25) is 0 Å². The van der Waals surface area contributed by atoms with Crippen molar-refractivity contribution < 1.29 is 53.0 Å². The first kappa shape index (κ1) is 29.1. The number of halogens is 11. The van der Waals surface area contributed by atoms with Gasteiger partial charge in [0.25, 0.3) is 0 Å². The van der Waals surface area contributed by atoms with E-state index in [0.29, 0.717) is 11.4 Å². The first-order chi connectivity index (χ1) is 14.9. The van der Waals surface area contributed by atoms with Crippen LogP contribution in [0.4, 0.5) is 54.0 Å². The Labute approximate surface area is 189 Å². The Kier molecular flexibility index (Phi) is 9.66. The molecule has 1 unspecified atom stereocenters. The Morgan fingerprint density at radius 3 is 1.91 bits per heavy atom. The van der Waals surface area contributed by atoms with Crippen molar-refractivity contribution in [3.8, 4) is 5.75 Å². The zero-order valence-corrected chi connectivity index (χ0v) is 17.8. The third-order valence-corrected chi connectivity index (χ3v) is 5.33. The molecule has 2 N–H and O–H groups in total.